The van der Waals surface area contributed by atoms with Crippen LogP contribution >= 0.6 is 0 Å². The Balaban J connectivity index is 0. The van der Waals surface area contributed by atoms with Crippen molar-refractivity contribution in [2.75, 3.05) is 79.5 Å². The van der Waals surface area contributed by atoms with Crippen molar-refractivity contribution in [1.82, 2.24) is 16.0 Å². The summed E-state index contributed by atoms with van der Waals surface area (Å²) in [4.78, 5) is 119. The van der Waals surface area contributed by atoms with Crippen LogP contribution in [-0.4, -0.2) is 166 Å². The number of aliphatic carboxylic acids is 3. The first-order valence-electron chi connectivity index (χ1n) is 30.0. The van der Waals surface area contributed by atoms with Crippen LogP contribution in [0, 0.1) is 17.3 Å². The van der Waals surface area contributed by atoms with Crippen molar-refractivity contribution in [3.05, 3.63) is 11.8 Å². The molecule has 23 nitrogen and oxygen atoms in total. The zero-order valence-corrected chi connectivity index (χ0v) is 50.9. The summed E-state index contributed by atoms with van der Waals surface area (Å²) >= 11 is 0. The van der Waals surface area contributed by atoms with E-state index in [0.29, 0.717) is 70.9 Å². The fourth-order valence-electron chi connectivity index (χ4n) is 8.18. The molecule has 0 aromatic heterocycles. The molecule has 0 aromatic rings. The number of ketones is 4. The molecule has 3 atom stereocenters. The standard InChI is InChI=1S/C39H64N4O12.C19H37NO3.C2H5NO2/c1-28(38(50)51)12-13-32(45)11-8-17-52-19-21-54-27-37(49)43-16-18-53-20-22-55-26-36(48)42-14-6-5-9-30(29(2)44)23-35(47)39(3,4)25-34(46)33(40)24-31-10-7-15-41-31;1-20-18(21)16-14-12-10-8-6-4-2-3-5-7-9-11-13-15-17-19(22)23;3-1-2(4)5/h10,15,28,30,33H,5-9,11-14,16-27,40H2,1-4H3,(H,42,48)(H,43,49)(H,50,51);2-17H2,1H3,(H,20,21)(H,22,23);1,3H2,(H,4,5)/t28-,30+,33-;;/m0../s1. The second kappa shape index (κ2) is 53.4. The Morgan fingerprint density at radius 2 is 1.12 bits per heavy atom. The molecule has 1 aliphatic heterocycles. The number of carbonyl (C=O) groups is 10. The maximum Gasteiger partial charge on any atom is 0.317 e. The van der Waals surface area contributed by atoms with E-state index < -0.39 is 41.2 Å². The molecule has 0 fully saturated rings. The highest BCUT2D eigenvalue weighted by atomic mass is 16.5. The van der Waals surface area contributed by atoms with Gasteiger partial charge in [-0.1, -0.05) is 110 Å². The quantitative estimate of drug-likeness (QED) is 0.0297. The Morgan fingerprint density at radius 1 is 0.614 bits per heavy atom. The minimum absolute atomic E-state index is 0.00185. The molecule has 83 heavy (non-hydrogen) atoms. The molecule has 1 heterocycles. The molecule has 10 N–H and O–H groups in total. The lowest BCUT2D eigenvalue weighted by Crippen LogP contribution is -2.37. The summed E-state index contributed by atoms with van der Waals surface area (Å²) in [6, 6.07) is -0.733. The van der Waals surface area contributed by atoms with Crippen LogP contribution in [0.3, 0.4) is 0 Å². The number of rotatable bonds is 53. The van der Waals surface area contributed by atoms with Gasteiger partial charge in [-0.25, -0.2) is 0 Å². The molecular weight excluding hydrogens is 1080 g/mol. The predicted molar refractivity (Wildman–Crippen MR) is 317 cm³/mol. The number of ether oxygens (including phenoxy) is 4. The minimum Gasteiger partial charge on any atom is -0.481 e. The molecule has 0 saturated heterocycles. The number of carbonyl (C=O) groups excluding carboxylic acids is 7. The molecule has 0 bridgehead atoms. The Hall–Kier alpha value is -5.33. The monoisotopic (exact) mass is 1180 g/mol. The fourth-order valence-corrected chi connectivity index (χ4v) is 8.18. The van der Waals surface area contributed by atoms with E-state index in [1.165, 1.54) is 77.6 Å². The summed E-state index contributed by atoms with van der Waals surface area (Å²) < 4.78 is 21.4. The van der Waals surface area contributed by atoms with Gasteiger partial charge in [-0.15, -0.1) is 0 Å². The first-order chi connectivity index (χ1) is 39.6. The molecule has 0 aromatic carbocycles. The summed E-state index contributed by atoms with van der Waals surface area (Å²) in [5.41, 5.74) is 10.5. The molecule has 1 aliphatic rings. The molecule has 0 radical (unpaired) electrons. The van der Waals surface area contributed by atoms with Gasteiger partial charge in [-0.05, 0) is 45.4 Å². The summed E-state index contributed by atoms with van der Waals surface area (Å²) in [6.45, 7) is 8.14. The lowest BCUT2D eigenvalue weighted by molar-refractivity contribution is -0.141. The Kier molecular flexibility index (Phi) is 51.3. The molecule has 0 unspecified atom stereocenters. The molecule has 0 spiro atoms. The van der Waals surface area contributed by atoms with Gasteiger partial charge in [0.15, 0.2) is 5.78 Å². The average Bonchev–Trinajstić information content (AvgIpc) is 3.99. The molecule has 1 rings (SSSR count). The summed E-state index contributed by atoms with van der Waals surface area (Å²) in [5.74, 6) is -4.41. The number of nitrogens with one attached hydrogen (secondary N) is 3. The van der Waals surface area contributed by atoms with Gasteiger partial charge in [0, 0.05) is 101 Å². The summed E-state index contributed by atoms with van der Waals surface area (Å²) in [5, 5.41) is 33.1. The number of carboxylic acid groups (broad SMARTS) is 3. The molecular formula is C60H106N6O17. The number of hydrogen-bond donors (Lipinski definition) is 8. The maximum atomic E-state index is 13.1. The lowest BCUT2D eigenvalue weighted by Gasteiger charge is -2.26. The molecule has 23 heteroatoms. The van der Waals surface area contributed by atoms with E-state index in [1.54, 1.807) is 34.0 Å². The van der Waals surface area contributed by atoms with Crippen molar-refractivity contribution < 1.29 is 82.2 Å². The van der Waals surface area contributed by atoms with E-state index in [2.05, 4.69) is 26.7 Å². The van der Waals surface area contributed by atoms with Crippen LogP contribution < -0.4 is 27.4 Å². The van der Waals surface area contributed by atoms with Crippen molar-refractivity contribution >= 4 is 65.0 Å². The molecule has 3 amide bonds. The van der Waals surface area contributed by atoms with Crippen LogP contribution in [0.1, 0.15) is 201 Å². The highest BCUT2D eigenvalue weighted by molar-refractivity contribution is 5.94. The van der Waals surface area contributed by atoms with E-state index >= 15 is 0 Å². The number of nitrogens with two attached hydrogens (primary N) is 2. The van der Waals surface area contributed by atoms with Gasteiger partial charge in [0.25, 0.3) is 0 Å². The first kappa shape index (κ1) is 79.7. The summed E-state index contributed by atoms with van der Waals surface area (Å²) in [6.07, 6.45) is 26.0. The van der Waals surface area contributed by atoms with Crippen LogP contribution in [0.4, 0.5) is 0 Å². The number of carboxylic acids is 3. The third-order valence-electron chi connectivity index (χ3n) is 13.5. The summed E-state index contributed by atoms with van der Waals surface area (Å²) in [7, 11) is 1.70. The topological polar surface area (TPSA) is 369 Å². The van der Waals surface area contributed by atoms with Crippen LogP contribution in [-0.2, 0) is 66.9 Å². The Labute approximate surface area is 493 Å². The van der Waals surface area contributed by atoms with Gasteiger partial charge in [0.1, 0.15) is 30.6 Å². The van der Waals surface area contributed by atoms with E-state index in [4.69, 9.17) is 40.0 Å². The minimum atomic E-state index is -0.968. The van der Waals surface area contributed by atoms with Crippen molar-refractivity contribution in [3.8, 4) is 0 Å². The number of hydrogen-bond acceptors (Lipinski definition) is 17. The van der Waals surface area contributed by atoms with Crippen LogP contribution in [0.2, 0.25) is 0 Å². The normalized spacial score (nSPS) is 12.8. The number of Topliss-reactive ketones (excluding diaryl/α,β-unsaturated/α-hetero) is 4. The van der Waals surface area contributed by atoms with Gasteiger partial charge in [0.05, 0.1) is 51.5 Å². The Bertz CT molecular complexity index is 1910. The van der Waals surface area contributed by atoms with Gasteiger partial charge in [0.2, 0.25) is 17.7 Å². The highest BCUT2D eigenvalue weighted by Gasteiger charge is 2.34. The average molecular weight is 1180 g/mol. The van der Waals surface area contributed by atoms with Gasteiger partial charge < -0.3 is 61.7 Å². The van der Waals surface area contributed by atoms with Crippen molar-refractivity contribution in [3.63, 3.8) is 0 Å². The van der Waals surface area contributed by atoms with Crippen molar-refractivity contribution in [2.45, 2.75) is 207 Å². The molecule has 0 saturated carbocycles. The number of aliphatic imine (C=N–C) groups is 1. The SMILES string of the molecule is CC(=O)[C@H](CCCCNC(=O)COCCOCCNC(=O)COCCOCCCC(=O)CC[C@H](C)C(=O)O)CC(=O)C(C)(C)CC(=O)[C@@H](N)CC1=CCC=N1.CNC(=O)CCCCCCCCCCCCCCCCC(=O)O.NCC(=O)O. The predicted octanol–water partition coefficient (Wildman–Crippen LogP) is 6.62. The zero-order chi connectivity index (χ0) is 62.5. The third-order valence-corrected chi connectivity index (χ3v) is 13.5. The van der Waals surface area contributed by atoms with Gasteiger partial charge in [-0.3, -0.25) is 52.9 Å². The largest absolute Gasteiger partial charge is 0.481 e. The van der Waals surface area contributed by atoms with E-state index in [-0.39, 0.29) is 119 Å². The molecule has 0 aliphatic carbocycles. The Morgan fingerprint density at radius 3 is 1.60 bits per heavy atom. The number of unbranched alkanes of at least 4 members (excludes halogenated alkanes) is 14. The van der Waals surface area contributed by atoms with E-state index in [9.17, 15) is 47.9 Å². The number of nitrogens with zero attached hydrogens (tertiary/aromatic N) is 1. The second-order valence-electron chi connectivity index (χ2n) is 21.6. The fraction of sp³-hybridized carbons (Fsp3) is 0.783. The van der Waals surface area contributed by atoms with Gasteiger partial charge in [-0.2, -0.15) is 0 Å². The van der Waals surface area contributed by atoms with Crippen LogP contribution in [0.25, 0.3) is 0 Å². The van der Waals surface area contributed by atoms with E-state index in [0.717, 1.165) is 31.4 Å². The number of amides is 3. The van der Waals surface area contributed by atoms with E-state index in [1.807, 2.05) is 6.08 Å². The van der Waals surface area contributed by atoms with Crippen LogP contribution in [0.5, 0.6) is 0 Å². The maximum absolute atomic E-state index is 13.1. The molecule has 478 valence electrons. The smallest absolute Gasteiger partial charge is 0.317 e. The zero-order valence-electron chi connectivity index (χ0n) is 50.9. The van der Waals surface area contributed by atoms with Gasteiger partial charge >= 0.3 is 17.9 Å². The first-order valence-corrected chi connectivity index (χ1v) is 30.0. The van der Waals surface area contributed by atoms with Crippen molar-refractivity contribution in [1.29, 1.82) is 0 Å². The third kappa shape index (κ3) is 52.0. The van der Waals surface area contributed by atoms with Crippen molar-refractivity contribution in [2.24, 2.45) is 33.7 Å². The second-order valence-corrected chi connectivity index (χ2v) is 21.6. The highest BCUT2D eigenvalue weighted by Crippen LogP contribution is 2.29. The lowest BCUT2D eigenvalue weighted by atomic mass is 9.77. The number of allylic oxidation sites excluding steroid dienone is 1. The van der Waals surface area contributed by atoms with Crippen LogP contribution in [0.15, 0.2) is 16.8 Å².